The van der Waals surface area contributed by atoms with Crippen LogP contribution in [0.15, 0.2) is 39.3 Å². The number of benzene rings is 1. The predicted octanol–water partition coefficient (Wildman–Crippen LogP) is 5.28. The minimum absolute atomic E-state index is 0.260. The molecule has 2 aromatic rings. The summed E-state index contributed by atoms with van der Waals surface area (Å²) in [7, 11) is 0. The van der Waals surface area contributed by atoms with E-state index >= 15 is 0 Å². The minimum Gasteiger partial charge on any atom is -0.306 e. The number of rotatable bonds is 4. The second-order valence-electron chi connectivity index (χ2n) is 4.11. The fraction of sp³-hybridized carbons (Fsp3) is 0.286. The first-order valence-corrected chi connectivity index (χ1v) is 8.26. The van der Waals surface area contributed by atoms with Crippen molar-refractivity contribution in [1.29, 1.82) is 0 Å². The molecule has 1 unspecified atom stereocenters. The Bertz CT molecular complexity index is 519. The quantitative estimate of drug-likeness (QED) is 0.751. The smallest absolute Gasteiger partial charge is 0.0682 e. The van der Waals surface area contributed by atoms with E-state index in [4.69, 9.17) is 0 Å². The van der Waals surface area contributed by atoms with Gasteiger partial charge in [-0.3, -0.25) is 0 Å². The Hall–Kier alpha value is -0.160. The van der Waals surface area contributed by atoms with Crippen molar-refractivity contribution in [2.45, 2.75) is 19.9 Å². The van der Waals surface area contributed by atoms with E-state index < -0.39 is 0 Å². The highest BCUT2D eigenvalue weighted by Gasteiger charge is 2.18. The number of hydrogen-bond acceptors (Lipinski definition) is 2. The predicted molar refractivity (Wildman–Crippen MR) is 86.4 cm³/mol. The van der Waals surface area contributed by atoms with Gasteiger partial charge in [-0.05, 0) is 53.2 Å². The summed E-state index contributed by atoms with van der Waals surface area (Å²) >= 11 is 8.98. The zero-order valence-corrected chi connectivity index (χ0v) is 14.3. The molecule has 0 saturated heterocycles. The average molecular weight is 389 g/mol. The lowest BCUT2D eigenvalue weighted by molar-refractivity contribution is 0.638. The molecule has 1 aromatic carbocycles. The monoisotopic (exact) mass is 387 g/mol. The van der Waals surface area contributed by atoms with Gasteiger partial charge in [-0.15, -0.1) is 11.3 Å². The molecule has 1 aromatic heterocycles. The molecule has 0 aliphatic rings. The summed E-state index contributed by atoms with van der Waals surface area (Å²) in [6.45, 7) is 5.23. The van der Waals surface area contributed by atoms with Gasteiger partial charge in [0.2, 0.25) is 0 Å². The highest BCUT2D eigenvalue weighted by Crippen LogP contribution is 2.35. The molecule has 0 fully saturated rings. The Labute approximate surface area is 129 Å². The number of hydrogen-bond donors (Lipinski definition) is 1. The summed E-state index contributed by atoms with van der Waals surface area (Å²) < 4.78 is 2.31. The van der Waals surface area contributed by atoms with Crippen LogP contribution in [-0.4, -0.2) is 6.54 Å². The summed E-state index contributed by atoms with van der Waals surface area (Å²) in [5.41, 5.74) is 1.29. The molecule has 0 bridgehead atoms. The molecule has 0 amide bonds. The Morgan fingerprint density at radius 3 is 2.39 bits per heavy atom. The maximum Gasteiger partial charge on any atom is 0.0682 e. The van der Waals surface area contributed by atoms with Crippen molar-refractivity contribution in [3.05, 3.63) is 54.6 Å². The SMILES string of the molecule is CCNC(c1ccc(Br)cc1)c1sc(C)cc1Br. The molecular formula is C14H15Br2NS. The molecule has 18 heavy (non-hydrogen) atoms. The summed E-state index contributed by atoms with van der Waals surface area (Å²) in [4.78, 5) is 2.67. The van der Waals surface area contributed by atoms with Crippen LogP contribution < -0.4 is 5.32 Å². The van der Waals surface area contributed by atoms with Gasteiger partial charge >= 0.3 is 0 Å². The zero-order valence-electron chi connectivity index (χ0n) is 10.3. The van der Waals surface area contributed by atoms with Crippen LogP contribution in [0.4, 0.5) is 0 Å². The van der Waals surface area contributed by atoms with Crippen LogP contribution in [0.3, 0.4) is 0 Å². The van der Waals surface area contributed by atoms with Gasteiger partial charge < -0.3 is 5.32 Å². The number of halogens is 2. The van der Waals surface area contributed by atoms with Crippen LogP contribution in [0.1, 0.15) is 28.3 Å². The highest BCUT2D eigenvalue weighted by atomic mass is 79.9. The van der Waals surface area contributed by atoms with Crippen LogP contribution in [0.2, 0.25) is 0 Å². The van der Waals surface area contributed by atoms with Crippen LogP contribution in [0, 0.1) is 6.92 Å². The van der Waals surface area contributed by atoms with Gasteiger partial charge in [0, 0.05) is 18.7 Å². The van der Waals surface area contributed by atoms with Crippen molar-refractivity contribution < 1.29 is 0 Å². The van der Waals surface area contributed by atoms with Gasteiger partial charge in [0.05, 0.1) is 6.04 Å². The molecule has 0 radical (unpaired) electrons. The van der Waals surface area contributed by atoms with Crippen LogP contribution in [0.5, 0.6) is 0 Å². The van der Waals surface area contributed by atoms with Gasteiger partial charge in [0.1, 0.15) is 0 Å². The zero-order chi connectivity index (χ0) is 13.1. The molecule has 1 heterocycles. The summed E-state index contributed by atoms with van der Waals surface area (Å²) in [6.07, 6.45) is 0. The molecule has 2 rings (SSSR count). The molecule has 0 saturated carbocycles. The number of aryl methyl sites for hydroxylation is 1. The van der Waals surface area contributed by atoms with Crippen molar-refractivity contribution >= 4 is 43.2 Å². The third-order valence-corrected chi connectivity index (χ3v) is 5.27. The van der Waals surface area contributed by atoms with E-state index in [0.717, 1.165) is 11.0 Å². The third kappa shape index (κ3) is 3.23. The maximum atomic E-state index is 3.66. The van der Waals surface area contributed by atoms with Gasteiger partial charge in [-0.1, -0.05) is 35.0 Å². The normalized spacial score (nSPS) is 12.7. The highest BCUT2D eigenvalue weighted by molar-refractivity contribution is 9.10. The molecule has 0 aliphatic heterocycles. The largest absolute Gasteiger partial charge is 0.306 e. The minimum atomic E-state index is 0.260. The average Bonchev–Trinajstić information content (AvgIpc) is 2.67. The summed E-state index contributed by atoms with van der Waals surface area (Å²) in [5, 5.41) is 3.55. The molecule has 1 N–H and O–H groups in total. The lowest BCUT2D eigenvalue weighted by atomic mass is 10.1. The molecule has 4 heteroatoms. The van der Waals surface area contributed by atoms with E-state index in [-0.39, 0.29) is 6.04 Å². The Morgan fingerprint density at radius 2 is 1.89 bits per heavy atom. The fourth-order valence-corrected chi connectivity index (χ4v) is 4.17. The van der Waals surface area contributed by atoms with Gasteiger partial charge in [-0.2, -0.15) is 0 Å². The molecule has 1 atom stereocenters. The van der Waals surface area contributed by atoms with Crippen LogP contribution >= 0.6 is 43.2 Å². The van der Waals surface area contributed by atoms with Crippen molar-refractivity contribution in [1.82, 2.24) is 5.32 Å². The lowest BCUT2D eigenvalue weighted by Crippen LogP contribution is -2.21. The standard InChI is InChI=1S/C14H15Br2NS/c1-3-17-13(10-4-6-11(15)7-5-10)14-12(16)8-9(2)18-14/h4-8,13,17H,3H2,1-2H3. The first kappa shape index (κ1) is 14.3. The summed E-state index contributed by atoms with van der Waals surface area (Å²) in [6, 6.07) is 11.0. The van der Waals surface area contributed by atoms with E-state index in [1.807, 2.05) is 11.3 Å². The molecule has 96 valence electrons. The second-order valence-corrected chi connectivity index (χ2v) is 7.17. The molecule has 1 nitrogen and oxygen atoms in total. The Morgan fingerprint density at radius 1 is 1.22 bits per heavy atom. The summed E-state index contributed by atoms with van der Waals surface area (Å²) in [5.74, 6) is 0. The van der Waals surface area contributed by atoms with E-state index in [9.17, 15) is 0 Å². The number of nitrogens with one attached hydrogen (secondary N) is 1. The molecular weight excluding hydrogens is 374 g/mol. The lowest BCUT2D eigenvalue weighted by Gasteiger charge is -2.18. The third-order valence-electron chi connectivity index (χ3n) is 2.71. The van der Waals surface area contributed by atoms with Crippen molar-refractivity contribution in [2.75, 3.05) is 6.54 Å². The van der Waals surface area contributed by atoms with Gasteiger partial charge in [0.15, 0.2) is 0 Å². The van der Waals surface area contributed by atoms with E-state index in [2.05, 4.69) is 81.4 Å². The van der Waals surface area contributed by atoms with E-state index in [1.54, 1.807) is 0 Å². The first-order valence-electron chi connectivity index (χ1n) is 5.86. The van der Waals surface area contributed by atoms with E-state index in [0.29, 0.717) is 0 Å². The van der Waals surface area contributed by atoms with Gasteiger partial charge in [0.25, 0.3) is 0 Å². The molecule has 0 spiro atoms. The topological polar surface area (TPSA) is 12.0 Å². The van der Waals surface area contributed by atoms with Crippen LogP contribution in [0.25, 0.3) is 0 Å². The van der Waals surface area contributed by atoms with Crippen molar-refractivity contribution in [3.63, 3.8) is 0 Å². The number of thiophene rings is 1. The van der Waals surface area contributed by atoms with Gasteiger partial charge in [-0.25, -0.2) is 0 Å². The molecule has 0 aliphatic carbocycles. The second kappa shape index (κ2) is 6.33. The Balaban J connectivity index is 2.39. The van der Waals surface area contributed by atoms with Crippen molar-refractivity contribution in [2.24, 2.45) is 0 Å². The van der Waals surface area contributed by atoms with E-state index in [1.165, 1.54) is 19.8 Å². The van der Waals surface area contributed by atoms with Crippen LogP contribution in [-0.2, 0) is 0 Å². The van der Waals surface area contributed by atoms with Crippen molar-refractivity contribution in [3.8, 4) is 0 Å². The first-order chi connectivity index (χ1) is 8.61. The fourth-order valence-electron chi connectivity index (χ4n) is 1.92. The Kier molecular flexibility index (Phi) is 5.01. The maximum absolute atomic E-state index is 3.66.